The molecule has 1 N–H and O–H groups in total. The summed E-state index contributed by atoms with van der Waals surface area (Å²) in [4.78, 5) is 27.1. The number of H-pyrrole nitrogens is 1. The van der Waals surface area contributed by atoms with Crippen LogP contribution in [0, 0.1) is 0 Å². The molecular formula is C19H18N6O3. The Morgan fingerprint density at radius 1 is 1.18 bits per heavy atom. The fourth-order valence-electron chi connectivity index (χ4n) is 3.45. The highest BCUT2D eigenvalue weighted by molar-refractivity contribution is 6.06. The van der Waals surface area contributed by atoms with Crippen molar-refractivity contribution in [3.8, 4) is 11.7 Å². The van der Waals surface area contributed by atoms with Crippen molar-refractivity contribution in [2.24, 2.45) is 0 Å². The van der Waals surface area contributed by atoms with E-state index in [0.29, 0.717) is 18.7 Å². The van der Waals surface area contributed by atoms with Gasteiger partial charge in [-0.25, -0.2) is 4.98 Å². The molecule has 0 amide bonds. The first-order valence-electron chi connectivity index (χ1n) is 8.98. The number of fused-ring (bicyclic) bond motifs is 3. The molecule has 0 radical (unpaired) electrons. The van der Waals surface area contributed by atoms with Crippen LogP contribution in [0.25, 0.3) is 27.8 Å². The lowest BCUT2D eigenvalue weighted by Gasteiger charge is -2.27. The molecule has 9 heteroatoms. The van der Waals surface area contributed by atoms with Gasteiger partial charge in [0.2, 0.25) is 0 Å². The van der Waals surface area contributed by atoms with Gasteiger partial charge in [0.05, 0.1) is 26.5 Å². The van der Waals surface area contributed by atoms with Gasteiger partial charge in [0.15, 0.2) is 0 Å². The molecule has 0 saturated carbocycles. The van der Waals surface area contributed by atoms with Gasteiger partial charge in [0, 0.05) is 35.6 Å². The van der Waals surface area contributed by atoms with E-state index in [1.165, 1.54) is 4.68 Å². The predicted octanol–water partition coefficient (Wildman–Crippen LogP) is 1.50. The van der Waals surface area contributed by atoms with Gasteiger partial charge < -0.3 is 19.4 Å². The van der Waals surface area contributed by atoms with Crippen LogP contribution >= 0.6 is 0 Å². The van der Waals surface area contributed by atoms with Gasteiger partial charge in [-0.1, -0.05) is 0 Å². The zero-order chi connectivity index (χ0) is 19.1. The van der Waals surface area contributed by atoms with Crippen molar-refractivity contribution >= 4 is 27.6 Å². The average Bonchev–Trinajstić information content (AvgIpc) is 3.13. The Hall–Kier alpha value is -3.46. The number of hydrogen-bond acceptors (Lipinski definition) is 7. The third kappa shape index (κ3) is 2.67. The van der Waals surface area contributed by atoms with Crippen molar-refractivity contribution in [1.82, 2.24) is 24.7 Å². The van der Waals surface area contributed by atoms with Crippen LogP contribution in [0.1, 0.15) is 0 Å². The molecule has 0 aliphatic carbocycles. The molecule has 28 heavy (non-hydrogen) atoms. The summed E-state index contributed by atoms with van der Waals surface area (Å²) in [5.74, 6) is 1.72. The van der Waals surface area contributed by atoms with Crippen molar-refractivity contribution in [2.75, 3.05) is 38.3 Å². The van der Waals surface area contributed by atoms with Crippen LogP contribution in [-0.2, 0) is 4.74 Å². The van der Waals surface area contributed by atoms with E-state index in [-0.39, 0.29) is 11.5 Å². The SMILES string of the molecule is COc1ccc2[nH]c3c(=O)n(-c4nccc(N5CCOCC5)n4)ncc3c2c1. The van der Waals surface area contributed by atoms with Crippen LogP contribution in [0.4, 0.5) is 5.82 Å². The van der Waals surface area contributed by atoms with E-state index >= 15 is 0 Å². The highest BCUT2D eigenvalue weighted by Crippen LogP contribution is 2.26. The van der Waals surface area contributed by atoms with Crippen molar-refractivity contribution in [3.63, 3.8) is 0 Å². The molecule has 0 spiro atoms. The van der Waals surface area contributed by atoms with Crippen molar-refractivity contribution in [3.05, 3.63) is 47.0 Å². The summed E-state index contributed by atoms with van der Waals surface area (Å²) in [7, 11) is 1.61. The molecule has 0 bridgehead atoms. The molecular weight excluding hydrogens is 360 g/mol. The van der Waals surface area contributed by atoms with E-state index in [4.69, 9.17) is 9.47 Å². The minimum atomic E-state index is -0.299. The summed E-state index contributed by atoms with van der Waals surface area (Å²) >= 11 is 0. The fourth-order valence-corrected chi connectivity index (χ4v) is 3.45. The Balaban J connectivity index is 1.62. The molecule has 3 aromatic heterocycles. The quantitative estimate of drug-likeness (QED) is 0.577. The second-order valence-electron chi connectivity index (χ2n) is 6.50. The molecule has 1 aliphatic heterocycles. The molecule has 1 fully saturated rings. The molecule has 1 aromatic carbocycles. The molecule has 142 valence electrons. The maximum absolute atomic E-state index is 13.1. The third-order valence-corrected chi connectivity index (χ3v) is 4.91. The lowest BCUT2D eigenvalue weighted by Crippen LogP contribution is -2.37. The normalized spacial score (nSPS) is 14.7. The first kappa shape index (κ1) is 16.7. The average molecular weight is 378 g/mol. The second-order valence-corrected chi connectivity index (χ2v) is 6.50. The lowest BCUT2D eigenvalue weighted by molar-refractivity contribution is 0.122. The van der Waals surface area contributed by atoms with Crippen LogP contribution < -0.4 is 15.2 Å². The van der Waals surface area contributed by atoms with Gasteiger partial charge in [-0.3, -0.25) is 4.79 Å². The maximum Gasteiger partial charge on any atom is 0.298 e. The topological polar surface area (TPSA) is 98.2 Å². The minimum Gasteiger partial charge on any atom is -0.497 e. The fraction of sp³-hybridized carbons (Fsp3) is 0.263. The van der Waals surface area contributed by atoms with Crippen molar-refractivity contribution < 1.29 is 9.47 Å². The smallest absolute Gasteiger partial charge is 0.298 e. The summed E-state index contributed by atoms with van der Waals surface area (Å²) in [6, 6.07) is 7.44. The maximum atomic E-state index is 13.1. The number of morpholine rings is 1. The molecule has 0 atom stereocenters. The summed E-state index contributed by atoms with van der Waals surface area (Å²) in [5, 5.41) is 5.93. The number of nitrogens with one attached hydrogen (secondary N) is 1. The molecule has 1 saturated heterocycles. The Morgan fingerprint density at radius 2 is 2.04 bits per heavy atom. The van der Waals surface area contributed by atoms with Crippen molar-refractivity contribution in [2.45, 2.75) is 0 Å². The second kappa shape index (κ2) is 6.61. The van der Waals surface area contributed by atoms with Gasteiger partial charge in [0.1, 0.15) is 17.1 Å². The number of methoxy groups -OCH3 is 1. The predicted molar refractivity (Wildman–Crippen MR) is 104 cm³/mol. The van der Waals surface area contributed by atoms with Gasteiger partial charge in [0.25, 0.3) is 11.5 Å². The summed E-state index contributed by atoms with van der Waals surface area (Å²) < 4.78 is 11.9. The van der Waals surface area contributed by atoms with Gasteiger partial charge in [-0.05, 0) is 24.3 Å². The Bertz CT molecular complexity index is 1230. The number of anilines is 1. The third-order valence-electron chi connectivity index (χ3n) is 4.91. The van der Waals surface area contributed by atoms with E-state index in [1.807, 2.05) is 24.3 Å². The number of hydrogen-bond donors (Lipinski definition) is 1. The Morgan fingerprint density at radius 3 is 2.86 bits per heavy atom. The van der Waals surface area contributed by atoms with Gasteiger partial charge >= 0.3 is 0 Å². The van der Waals surface area contributed by atoms with E-state index in [2.05, 4.69) is 25.0 Å². The number of benzene rings is 1. The lowest BCUT2D eigenvalue weighted by atomic mass is 10.2. The number of aromatic nitrogens is 5. The minimum absolute atomic E-state index is 0.243. The Labute approximate surface area is 159 Å². The molecule has 4 aromatic rings. The number of aromatic amines is 1. The highest BCUT2D eigenvalue weighted by Gasteiger charge is 2.16. The Kier molecular flexibility index (Phi) is 3.94. The zero-order valence-corrected chi connectivity index (χ0v) is 15.3. The molecule has 1 aliphatic rings. The number of nitrogens with zero attached hydrogens (tertiary/aromatic N) is 5. The zero-order valence-electron chi connectivity index (χ0n) is 15.3. The van der Waals surface area contributed by atoms with Crippen LogP contribution in [0.15, 0.2) is 41.5 Å². The van der Waals surface area contributed by atoms with Gasteiger partial charge in [-0.15, -0.1) is 0 Å². The largest absolute Gasteiger partial charge is 0.497 e. The molecule has 5 rings (SSSR count). The van der Waals surface area contributed by atoms with E-state index in [1.54, 1.807) is 19.5 Å². The molecule has 9 nitrogen and oxygen atoms in total. The van der Waals surface area contributed by atoms with E-state index in [0.717, 1.165) is 40.9 Å². The molecule has 4 heterocycles. The summed E-state index contributed by atoms with van der Waals surface area (Å²) in [6.45, 7) is 2.81. The highest BCUT2D eigenvalue weighted by atomic mass is 16.5. The van der Waals surface area contributed by atoms with Crippen LogP contribution in [0.2, 0.25) is 0 Å². The standard InChI is InChI=1S/C19H18N6O3/c1-27-12-2-3-15-13(10-12)14-11-21-25(18(26)17(14)22-15)19-20-5-4-16(23-19)24-6-8-28-9-7-24/h2-5,10-11,22H,6-9H2,1H3. The van der Waals surface area contributed by atoms with E-state index in [9.17, 15) is 4.79 Å². The molecule has 0 unspecified atom stereocenters. The van der Waals surface area contributed by atoms with Crippen molar-refractivity contribution in [1.29, 1.82) is 0 Å². The summed E-state index contributed by atoms with van der Waals surface area (Å²) in [5.41, 5.74) is 1.00. The van der Waals surface area contributed by atoms with Crippen LogP contribution in [-0.4, -0.2) is 58.1 Å². The monoisotopic (exact) mass is 378 g/mol. The number of rotatable bonds is 3. The van der Waals surface area contributed by atoms with Gasteiger partial charge in [-0.2, -0.15) is 14.8 Å². The first-order valence-corrected chi connectivity index (χ1v) is 8.98. The number of ether oxygens (including phenoxy) is 2. The van der Waals surface area contributed by atoms with Crippen LogP contribution in [0.5, 0.6) is 5.75 Å². The van der Waals surface area contributed by atoms with Crippen LogP contribution in [0.3, 0.4) is 0 Å². The van der Waals surface area contributed by atoms with E-state index < -0.39 is 0 Å². The first-order chi connectivity index (χ1) is 13.7. The summed E-state index contributed by atoms with van der Waals surface area (Å²) in [6.07, 6.45) is 3.29.